The molecule has 0 saturated heterocycles. The first-order valence-corrected chi connectivity index (χ1v) is 10.1. The standard InChI is InChI=1S/C25H20FNO3/c26-19-9-4-5-10-20(19)27-21-13-17(16-7-2-1-3-8-16)14-22(28)25(21)18(15-24(27)29)23-11-6-12-30-23/h1-12,17-18H,13-15H2. The zero-order chi connectivity index (χ0) is 20.7. The fraction of sp³-hybridized carbons (Fsp3) is 0.200. The van der Waals surface area contributed by atoms with Gasteiger partial charge in [0.25, 0.3) is 0 Å². The second-order valence-corrected chi connectivity index (χ2v) is 7.75. The van der Waals surface area contributed by atoms with Crippen LogP contribution in [0.4, 0.5) is 10.1 Å². The zero-order valence-corrected chi connectivity index (χ0v) is 16.3. The van der Waals surface area contributed by atoms with Crippen molar-refractivity contribution >= 4 is 17.4 Å². The van der Waals surface area contributed by atoms with E-state index in [0.29, 0.717) is 29.9 Å². The van der Waals surface area contributed by atoms with E-state index in [1.54, 1.807) is 36.6 Å². The molecule has 0 radical (unpaired) electrons. The smallest absolute Gasteiger partial charge is 0.232 e. The number of para-hydroxylation sites is 1. The Labute approximate surface area is 173 Å². The lowest BCUT2D eigenvalue weighted by atomic mass is 9.74. The highest BCUT2D eigenvalue weighted by Crippen LogP contribution is 2.47. The van der Waals surface area contributed by atoms with Crippen molar-refractivity contribution in [2.24, 2.45) is 0 Å². The second kappa shape index (κ2) is 7.41. The Morgan fingerprint density at radius 2 is 1.63 bits per heavy atom. The number of nitrogens with zero attached hydrogens (tertiary/aromatic N) is 1. The number of hydrogen-bond donors (Lipinski definition) is 0. The molecule has 0 N–H and O–H groups in total. The van der Waals surface area contributed by atoms with Gasteiger partial charge in [0.15, 0.2) is 5.78 Å². The van der Waals surface area contributed by atoms with Crippen LogP contribution in [0.5, 0.6) is 0 Å². The average Bonchev–Trinajstić information content (AvgIpc) is 3.29. The number of carbonyl (C=O) groups excluding carboxylic acids is 2. The van der Waals surface area contributed by atoms with E-state index in [1.165, 1.54) is 11.0 Å². The number of carbonyl (C=O) groups is 2. The van der Waals surface area contributed by atoms with Crippen molar-refractivity contribution in [2.75, 3.05) is 4.90 Å². The van der Waals surface area contributed by atoms with Crippen molar-refractivity contribution in [1.29, 1.82) is 0 Å². The van der Waals surface area contributed by atoms with Gasteiger partial charge in [-0.15, -0.1) is 0 Å². The van der Waals surface area contributed by atoms with Crippen LogP contribution in [0.1, 0.15) is 42.4 Å². The van der Waals surface area contributed by atoms with Gasteiger partial charge >= 0.3 is 0 Å². The van der Waals surface area contributed by atoms with Gasteiger partial charge in [0.1, 0.15) is 11.6 Å². The molecule has 1 amide bonds. The quantitative estimate of drug-likeness (QED) is 0.595. The number of amides is 1. The molecule has 2 atom stereocenters. The number of ketones is 1. The maximum atomic E-state index is 14.7. The first kappa shape index (κ1) is 18.6. The molecule has 5 heteroatoms. The SMILES string of the molecule is O=C1CC(c2ccccc2)CC2=C1C(c1ccco1)CC(=O)N2c1ccccc1F. The summed E-state index contributed by atoms with van der Waals surface area (Å²) in [6.45, 7) is 0. The van der Waals surface area contributed by atoms with E-state index in [9.17, 15) is 14.0 Å². The van der Waals surface area contributed by atoms with Gasteiger partial charge in [0.05, 0.1) is 17.9 Å². The molecule has 0 spiro atoms. The first-order chi connectivity index (χ1) is 14.6. The second-order valence-electron chi connectivity index (χ2n) is 7.75. The largest absolute Gasteiger partial charge is 0.469 e. The minimum atomic E-state index is -0.483. The monoisotopic (exact) mass is 401 g/mol. The molecular weight excluding hydrogens is 381 g/mol. The average molecular weight is 401 g/mol. The number of Topliss-reactive ketones (excluding diaryl/α,β-unsaturated/α-hetero) is 1. The van der Waals surface area contributed by atoms with Gasteiger partial charge in [-0.2, -0.15) is 0 Å². The topological polar surface area (TPSA) is 50.5 Å². The van der Waals surface area contributed by atoms with E-state index < -0.39 is 11.7 Å². The lowest BCUT2D eigenvalue weighted by molar-refractivity contribution is -0.120. The molecular formula is C25H20FNO3. The van der Waals surface area contributed by atoms with Gasteiger partial charge < -0.3 is 4.42 Å². The Bertz CT molecular complexity index is 1130. The molecule has 2 aromatic carbocycles. The van der Waals surface area contributed by atoms with Gasteiger partial charge in [0, 0.05) is 24.1 Å². The summed E-state index contributed by atoms with van der Waals surface area (Å²) in [6, 6.07) is 19.5. The highest BCUT2D eigenvalue weighted by atomic mass is 19.1. The molecule has 3 aromatic rings. The minimum Gasteiger partial charge on any atom is -0.469 e. The van der Waals surface area contributed by atoms with Crippen molar-refractivity contribution in [1.82, 2.24) is 0 Å². The molecule has 0 bridgehead atoms. The highest BCUT2D eigenvalue weighted by Gasteiger charge is 2.43. The van der Waals surface area contributed by atoms with Crippen molar-refractivity contribution < 1.29 is 18.4 Å². The Balaban J connectivity index is 1.67. The fourth-order valence-corrected chi connectivity index (χ4v) is 4.64. The van der Waals surface area contributed by atoms with Crippen LogP contribution in [-0.4, -0.2) is 11.7 Å². The Hall–Kier alpha value is -3.47. The van der Waals surface area contributed by atoms with Crippen LogP contribution in [0.15, 0.2) is 88.7 Å². The number of rotatable bonds is 3. The third-order valence-electron chi connectivity index (χ3n) is 5.98. The predicted molar refractivity (Wildman–Crippen MR) is 110 cm³/mol. The number of benzene rings is 2. The van der Waals surface area contributed by atoms with Crippen LogP contribution >= 0.6 is 0 Å². The number of halogens is 1. The van der Waals surface area contributed by atoms with Gasteiger partial charge in [0.2, 0.25) is 5.91 Å². The number of furan rings is 1. The Morgan fingerprint density at radius 3 is 2.37 bits per heavy atom. The van der Waals surface area contributed by atoms with Crippen molar-refractivity contribution in [3.8, 4) is 0 Å². The van der Waals surface area contributed by atoms with Gasteiger partial charge in [-0.25, -0.2) is 4.39 Å². The van der Waals surface area contributed by atoms with E-state index in [0.717, 1.165) is 5.56 Å². The van der Waals surface area contributed by atoms with Crippen molar-refractivity contribution in [2.45, 2.75) is 31.1 Å². The Morgan fingerprint density at radius 1 is 0.867 bits per heavy atom. The first-order valence-electron chi connectivity index (χ1n) is 10.1. The van der Waals surface area contributed by atoms with Crippen LogP contribution in [0.3, 0.4) is 0 Å². The number of allylic oxidation sites excluding steroid dienone is 2. The molecule has 2 aliphatic rings. The van der Waals surface area contributed by atoms with E-state index in [-0.39, 0.29) is 29.7 Å². The van der Waals surface area contributed by atoms with Crippen LogP contribution in [-0.2, 0) is 9.59 Å². The van der Waals surface area contributed by atoms with E-state index in [4.69, 9.17) is 4.42 Å². The van der Waals surface area contributed by atoms with E-state index in [2.05, 4.69) is 0 Å². The number of hydrogen-bond acceptors (Lipinski definition) is 3. The lowest BCUT2D eigenvalue weighted by Gasteiger charge is -2.39. The Kier molecular flexibility index (Phi) is 4.58. The molecule has 0 saturated carbocycles. The van der Waals surface area contributed by atoms with Crippen LogP contribution in [0, 0.1) is 5.82 Å². The van der Waals surface area contributed by atoms with Crippen LogP contribution < -0.4 is 4.90 Å². The number of anilines is 1. The molecule has 2 unspecified atom stereocenters. The fourth-order valence-electron chi connectivity index (χ4n) is 4.64. The molecule has 4 nitrogen and oxygen atoms in total. The lowest BCUT2D eigenvalue weighted by Crippen LogP contribution is -2.42. The molecule has 0 fully saturated rings. The predicted octanol–water partition coefficient (Wildman–Crippen LogP) is 5.34. The summed E-state index contributed by atoms with van der Waals surface area (Å²) in [5, 5.41) is 0. The maximum absolute atomic E-state index is 14.7. The molecule has 5 rings (SSSR count). The molecule has 2 heterocycles. The molecule has 1 aromatic heterocycles. The summed E-state index contributed by atoms with van der Waals surface area (Å²) >= 11 is 0. The minimum absolute atomic E-state index is 0.0136. The van der Waals surface area contributed by atoms with E-state index in [1.807, 2.05) is 30.3 Å². The van der Waals surface area contributed by atoms with Gasteiger partial charge in [-0.05, 0) is 42.2 Å². The van der Waals surface area contributed by atoms with Crippen molar-refractivity contribution in [3.05, 3.63) is 101 Å². The molecule has 30 heavy (non-hydrogen) atoms. The van der Waals surface area contributed by atoms with E-state index >= 15 is 0 Å². The zero-order valence-electron chi connectivity index (χ0n) is 16.3. The third-order valence-corrected chi connectivity index (χ3v) is 5.98. The maximum Gasteiger partial charge on any atom is 0.232 e. The molecule has 1 aliphatic carbocycles. The molecule has 1 aliphatic heterocycles. The normalized spacial score (nSPS) is 21.7. The summed E-state index contributed by atoms with van der Waals surface area (Å²) in [5.41, 5.74) is 2.38. The summed E-state index contributed by atoms with van der Waals surface area (Å²) < 4.78 is 20.2. The third kappa shape index (κ3) is 3.07. The summed E-state index contributed by atoms with van der Waals surface area (Å²) in [7, 11) is 0. The van der Waals surface area contributed by atoms with Crippen LogP contribution in [0.2, 0.25) is 0 Å². The van der Waals surface area contributed by atoms with Crippen LogP contribution in [0.25, 0.3) is 0 Å². The van der Waals surface area contributed by atoms with Gasteiger partial charge in [-0.1, -0.05) is 42.5 Å². The summed E-state index contributed by atoms with van der Waals surface area (Å²) in [6.07, 6.45) is 2.47. The molecule has 150 valence electrons. The van der Waals surface area contributed by atoms with Crippen molar-refractivity contribution in [3.63, 3.8) is 0 Å². The highest BCUT2D eigenvalue weighted by molar-refractivity contribution is 6.07. The van der Waals surface area contributed by atoms with Gasteiger partial charge in [-0.3, -0.25) is 14.5 Å². The summed E-state index contributed by atoms with van der Waals surface area (Å²) in [5.74, 6) is -0.634. The summed E-state index contributed by atoms with van der Waals surface area (Å²) in [4.78, 5) is 28.0.